The van der Waals surface area contributed by atoms with Crippen molar-refractivity contribution in [1.82, 2.24) is 19.1 Å². The van der Waals surface area contributed by atoms with Crippen molar-refractivity contribution >= 4 is 43.6 Å². The van der Waals surface area contributed by atoms with Crippen LogP contribution in [0.2, 0.25) is 0 Å². The van der Waals surface area contributed by atoms with Gasteiger partial charge in [-0.05, 0) is 53.5 Å². The second-order valence-corrected chi connectivity index (χ2v) is 10.9. The first-order valence-corrected chi connectivity index (χ1v) is 14.8. The standard InChI is InChI=1S/C40H24N4O.Pt/c1-2-12-28(13-3-1)43-36-17-5-4-15-31(36)33-25-34-32-20-19-30(45-29-14-10-11-27(23-29)35-16-6-8-21-41-35)24-37(32)44(39(34)26-38(33)43)40-18-7-9-22-42-40;/h1-22,25-26H;/q-2;+2. The zero-order valence-electron chi connectivity index (χ0n) is 24.4. The molecular weight excluding hydrogens is 748 g/mol. The molecule has 5 aromatic carbocycles. The molecule has 0 radical (unpaired) electrons. The molecule has 220 valence electrons. The minimum Gasteiger partial charge on any atom is -0.503 e. The third-order valence-corrected chi connectivity index (χ3v) is 8.26. The van der Waals surface area contributed by atoms with E-state index in [1.165, 1.54) is 16.3 Å². The summed E-state index contributed by atoms with van der Waals surface area (Å²) in [6.45, 7) is 0. The molecule has 0 bridgehead atoms. The predicted octanol–water partition coefficient (Wildman–Crippen LogP) is 9.73. The Hall–Kier alpha value is -5.51. The van der Waals surface area contributed by atoms with E-state index >= 15 is 0 Å². The Morgan fingerprint density at radius 1 is 0.500 bits per heavy atom. The van der Waals surface area contributed by atoms with Gasteiger partial charge in [0.05, 0.1) is 11.0 Å². The molecule has 9 aromatic rings. The van der Waals surface area contributed by atoms with Crippen LogP contribution in [0, 0.1) is 12.1 Å². The summed E-state index contributed by atoms with van der Waals surface area (Å²) < 4.78 is 10.9. The summed E-state index contributed by atoms with van der Waals surface area (Å²) in [6.07, 6.45) is 3.60. The van der Waals surface area contributed by atoms with Crippen molar-refractivity contribution in [2.45, 2.75) is 0 Å². The van der Waals surface area contributed by atoms with Crippen LogP contribution in [0.15, 0.2) is 146 Å². The quantitative estimate of drug-likeness (QED) is 0.164. The van der Waals surface area contributed by atoms with Crippen molar-refractivity contribution in [3.63, 3.8) is 0 Å². The van der Waals surface area contributed by atoms with Gasteiger partial charge >= 0.3 is 21.1 Å². The molecule has 0 amide bonds. The number of benzene rings is 5. The van der Waals surface area contributed by atoms with Crippen LogP contribution in [0.25, 0.3) is 66.4 Å². The maximum Gasteiger partial charge on any atom is 2.00 e. The molecule has 0 saturated heterocycles. The van der Waals surface area contributed by atoms with Crippen LogP contribution >= 0.6 is 0 Å². The fourth-order valence-electron chi connectivity index (χ4n) is 6.32. The van der Waals surface area contributed by atoms with E-state index in [4.69, 9.17) is 9.72 Å². The number of rotatable bonds is 5. The van der Waals surface area contributed by atoms with Crippen molar-refractivity contribution in [3.05, 3.63) is 158 Å². The first-order chi connectivity index (χ1) is 22.3. The number of nitrogens with zero attached hydrogens (tertiary/aromatic N) is 4. The van der Waals surface area contributed by atoms with E-state index in [9.17, 15) is 0 Å². The maximum atomic E-state index is 6.36. The maximum absolute atomic E-state index is 6.36. The molecule has 0 unspecified atom stereocenters. The number of aromatic nitrogens is 4. The van der Waals surface area contributed by atoms with Crippen molar-refractivity contribution in [1.29, 1.82) is 0 Å². The molecule has 9 rings (SSSR count). The summed E-state index contributed by atoms with van der Waals surface area (Å²) >= 11 is 0. The molecule has 0 spiro atoms. The van der Waals surface area contributed by atoms with Gasteiger partial charge in [-0.25, -0.2) is 4.98 Å². The molecule has 6 heteroatoms. The Morgan fingerprint density at radius 2 is 1.24 bits per heavy atom. The van der Waals surface area contributed by atoms with Crippen molar-refractivity contribution in [3.8, 4) is 34.3 Å². The Balaban J connectivity index is 0.00000312. The zero-order chi connectivity index (χ0) is 29.7. The molecule has 0 N–H and O–H groups in total. The zero-order valence-corrected chi connectivity index (χ0v) is 26.6. The van der Waals surface area contributed by atoms with Gasteiger partial charge < -0.3 is 18.9 Å². The summed E-state index contributed by atoms with van der Waals surface area (Å²) in [4.78, 5) is 9.23. The first-order valence-electron chi connectivity index (χ1n) is 14.8. The fourth-order valence-corrected chi connectivity index (χ4v) is 6.32. The van der Waals surface area contributed by atoms with E-state index in [1.807, 2.05) is 66.9 Å². The smallest absolute Gasteiger partial charge is 0.503 e. The van der Waals surface area contributed by atoms with Gasteiger partial charge in [-0.15, -0.1) is 41.3 Å². The van der Waals surface area contributed by atoms with Gasteiger partial charge in [-0.2, -0.15) is 6.07 Å². The third-order valence-electron chi connectivity index (χ3n) is 8.26. The molecule has 0 atom stereocenters. The SMILES string of the molecule is [Pt+2].[c-]1c(Oc2[c-]c3c(cc2)c2cc4c5ccccc5n(-c5ccccc5)c4cc2n3-c2ccccn2)cccc1-c1ccccn1. The molecule has 0 aliphatic carbocycles. The number of para-hydroxylation sites is 2. The number of pyridine rings is 2. The third kappa shape index (κ3) is 4.60. The van der Waals surface area contributed by atoms with Crippen molar-refractivity contribution < 1.29 is 25.8 Å². The number of ether oxygens (including phenoxy) is 1. The number of hydrogen-bond acceptors (Lipinski definition) is 3. The predicted molar refractivity (Wildman–Crippen MR) is 180 cm³/mol. The topological polar surface area (TPSA) is 44.9 Å². The van der Waals surface area contributed by atoms with Crippen LogP contribution < -0.4 is 4.74 Å². The van der Waals surface area contributed by atoms with Gasteiger partial charge in [-0.3, -0.25) is 0 Å². The second-order valence-electron chi connectivity index (χ2n) is 10.9. The second kappa shape index (κ2) is 11.4. The van der Waals surface area contributed by atoms with Gasteiger partial charge in [0, 0.05) is 45.9 Å². The summed E-state index contributed by atoms with van der Waals surface area (Å²) in [5.41, 5.74) is 7.08. The van der Waals surface area contributed by atoms with E-state index in [-0.39, 0.29) is 21.1 Å². The van der Waals surface area contributed by atoms with E-state index in [1.54, 1.807) is 6.20 Å². The number of fused-ring (bicyclic) bond motifs is 6. The Morgan fingerprint density at radius 3 is 2.07 bits per heavy atom. The average Bonchev–Trinajstić information content (AvgIpc) is 3.60. The van der Waals surface area contributed by atoms with Crippen molar-refractivity contribution in [2.75, 3.05) is 0 Å². The van der Waals surface area contributed by atoms with Gasteiger partial charge in [0.25, 0.3) is 0 Å². The van der Waals surface area contributed by atoms with Crippen LogP contribution in [0.3, 0.4) is 0 Å². The Bertz CT molecular complexity index is 2510. The van der Waals surface area contributed by atoms with E-state index < -0.39 is 0 Å². The van der Waals surface area contributed by atoms with Crippen LogP contribution in [0.1, 0.15) is 0 Å². The molecule has 0 saturated carbocycles. The molecule has 0 fully saturated rings. The average molecular weight is 772 g/mol. The van der Waals surface area contributed by atoms with Crippen LogP contribution in [-0.4, -0.2) is 19.1 Å². The van der Waals surface area contributed by atoms with E-state index in [0.29, 0.717) is 11.5 Å². The van der Waals surface area contributed by atoms with E-state index in [0.717, 1.165) is 50.1 Å². The summed E-state index contributed by atoms with van der Waals surface area (Å²) in [7, 11) is 0. The summed E-state index contributed by atoms with van der Waals surface area (Å²) in [5, 5.41) is 4.62. The van der Waals surface area contributed by atoms with Gasteiger partial charge in [0.1, 0.15) is 5.82 Å². The Labute approximate surface area is 279 Å². The van der Waals surface area contributed by atoms with Gasteiger partial charge in [0.15, 0.2) is 0 Å². The monoisotopic (exact) mass is 771 g/mol. The van der Waals surface area contributed by atoms with Gasteiger partial charge in [-0.1, -0.05) is 72.2 Å². The fraction of sp³-hybridized carbons (Fsp3) is 0. The van der Waals surface area contributed by atoms with Crippen LogP contribution in [0.5, 0.6) is 11.5 Å². The van der Waals surface area contributed by atoms with E-state index in [2.05, 4.69) is 99.0 Å². The first kappa shape index (κ1) is 28.0. The minimum atomic E-state index is 0. The number of hydrogen-bond donors (Lipinski definition) is 0. The molecule has 46 heavy (non-hydrogen) atoms. The molecule has 5 nitrogen and oxygen atoms in total. The van der Waals surface area contributed by atoms with Gasteiger partial charge in [0.2, 0.25) is 0 Å². The summed E-state index contributed by atoms with van der Waals surface area (Å²) in [5.74, 6) is 2.01. The molecule has 0 aliphatic heterocycles. The molecule has 0 aliphatic rings. The normalized spacial score (nSPS) is 11.3. The van der Waals surface area contributed by atoms with Crippen molar-refractivity contribution in [2.24, 2.45) is 0 Å². The largest absolute Gasteiger partial charge is 2.00 e. The molecule has 4 aromatic heterocycles. The Kier molecular flexibility index (Phi) is 6.97. The molecule has 4 heterocycles. The molecular formula is C40H24N4OPt. The van der Waals surface area contributed by atoms with Crippen LogP contribution in [-0.2, 0) is 21.1 Å². The van der Waals surface area contributed by atoms with Crippen LogP contribution in [0.4, 0.5) is 0 Å². The summed E-state index contributed by atoms with van der Waals surface area (Å²) in [6, 6.07) is 52.4. The minimum absolute atomic E-state index is 0.